The first-order chi connectivity index (χ1) is 15.2. The number of guanidine groups is 1. The van der Waals surface area contributed by atoms with Crippen LogP contribution < -0.4 is 20.1 Å². The van der Waals surface area contributed by atoms with Gasteiger partial charge in [0.1, 0.15) is 0 Å². The van der Waals surface area contributed by atoms with Crippen LogP contribution in [0.4, 0.5) is 0 Å². The van der Waals surface area contributed by atoms with Gasteiger partial charge >= 0.3 is 0 Å². The molecule has 3 aliphatic heterocycles. The Labute approximate surface area is 185 Å². The van der Waals surface area contributed by atoms with Crippen molar-refractivity contribution in [2.24, 2.45) is 4.99 Å². The monoisotopic (exact) mass is 432 g/mol. The predicted octanol–water partition coefficient (Wildman–Crippen LogP) is 1.74. The molecule has 2 N–H and O–H groups in total. The van der Waals surface area contributed by atoms with Crippen LogP contribution in [-0.2, 0) is 14.9 Å². The maximum atomic E-state index is 5.69. The highest BCUT2D eigenvalue weighted by atomic mass is 16.7. The lowest BCUT2D eigenvalue weighted by Crippen LogP contribution is -2.49. The fourth-order valence-electron chi connectivity index (χ4n) is 4.49. The van der Waals surface area contributed by atoms with Crippen LogP contribution in [0.1, 0.15) is 32.3 Å². The van der Waals surface area contributed by atoms with Crippen molar-refractivity contribution in [2.75, 3.05) is 65.9 Å². The van der Waals surface area contributed by atoms with E-state index in [1.807, 2.05) is 6.07 Å². The van der Waals surface area contributed by atoms with E-state index in [-0.39, 0.29) is 5.41 Å². The fraction of sp³-hybridized carbons (Fsp3) is 0.696. The molecule has 0 aromatic heterocycles. The van der Waals surface area contributed by atoms with Crippen molar-refractivity contribution in [2.45, 2.75) is 38.1 Å². The quantitative estimate of drug-likeness (QED) is 0.502. The van der Waals surface area contributed by atoms with Gasteiger partial charge in [-0.1, -0.05) is 6.07 Å². The van der Waals surface area contributed by atoms with Gasteiger partial charge < -0.3 is 29.6 Å². The molecule has 0 aliphatic carbocycles. The molecule has 2 fully saturated rings. The first-order valence-electron chi connectivity index (χ1n) is 11.5. The number of rotatable bonds is 7. The Morgan fingerprint density at radius 1 is 1.06 bits per heavy atom. The summed E-state index contributed by atoms with van der Waals surface area (Å²) in [5, 5.41) is 6.96. The molecule has 0 saturated carbocycles. The van der Waals surface area contributed by atoms with Crippen LogP contribution in [0.25, 0.3) is 0 Å². The maximum Gasteiger partial charge on any atom is 0.231 e. The summed E-state index contributed by atoms with van der Waals surface area (Å²) in [6, 6.07) is 6.74. The Morgan fingerprint density at radius 2 is 1.81 bits per heavy atom. The van der Waals surface area contributed by atoms with Crippen LogP contribution in [0.15, 0.2) is 23.2 Å². The molecule has 1 aromatic rings. The van der Waals surface area contributed by atoms with E-state index in [1.165, 1.54) is 5.56 Å². The van der Waals surface area contributed by atoms with Crippen molar-refractivity contribution < 1.29 is 18.9 Å². The van der Waals surface area contributed by atoms with Gasteiger partial charge in [-0.2, -0.15) is 0 Å². The molecule has 1 aromatic carbocycles. The molecule has 0 bridgehead atoms. The average molecular weight is 433 g/mol. The number of aliphatic imine (C=N–C) groups is 1. The Morgan fingerprint density at radius 3 is 2.58 bits per heavy atom. The van der Waals surface area contributed by atoms with Crippen molar-refractivity contribution in [1.82, 2.24) is 15.5 Å². The second-order valence-electron chi connectivity index (χ2n) is 8.53. The third-order valence-corrected chi connectivity index (χ3v) is 6.55. The highest BCUT2D eigenvalue weighted by molar-refractivity contribution is 5.79. The highest BCUT2D eigenvalue weighted by Gasteiger charge is 2.35. The molecular weight excluding hydrogens is 396 g/mol. The minimum absolute atomic E-state index is 0.0581. The largest absolute Gasteiger partial charge is 0.454 e. The SMILES string of the molecule is CCNC(=NCC1(c2ccc3c(c2)OCO3)CCOCC1)NCC(C)N1CCOCC1. The number of hydrogen-bond donors (Lipinski definition) is 2. The van der Waals surface area contributed by atoms with Crippen LogP contribution in [0.2, 0.25) is 0 Å². The minimum Gasteiger partial charge on any atom is -0.454 e. The fourth-order valence-corrected chi connectivity index (χ4v) is 4.49. The number of morpholine rings is 1. The van der Waals surface area contributed by atoms with Crippen molar-refractivity contribution in [1.29, 1.82) is 0 Å². The lowest BCUT2D eigenvalue weighted by molar-refractivity contribution is 0.0211. The number of ether oxygens (including phenoxy) is 4. The average Bonchev–Trinajstić information content (AvgIpc) is 3.30. The first kappa shape index (κ1) is 22.2. The zero-order chi connectivity index (χ0) is 21.5. The van der Waals surface area contributed by atoms with Gasteiger partial charge in [0.05, 0.1) is 19.8 Å². The molecular formula is C23H36N4O4. The standard InChI is InChI=1S/C23H36N4O4/c1-3-24-22(25-15-18(2)27-8-12-29-13-9-27)26-16-23(6-10-28-11-7-23)19-4-5-20-21(14-19)31-17-30-20/h4-5,14,18H,3,6-13,15-17H2,1-2H3,(H2,24,25,26). The lowest BCUT2D eigenvalue weighted by Gasteiger charge is -2.37. The van der Waals surface area contributed by atoms with E-state index in [2.05, 4.69) is 41.5 Å². The Bertz CT molecular complexity index is 745. The number of fused-ring (bicyclic) bond motifs is 1. The van der Waals surface area contributed by atoms with E-state index in [4.69, 9.17) is 23.9 Å². The van der Waals surface area contributed by atoms with Crippen LogP contribution in [0.3, 0.4) is 0 Å². The number of benzene rings is 1. The Hall–Kier alpha value is -2.03. The molecule has 3 aliphatic rings. The van der Waals surface area contributed by atoms with Gasteiger partial charge in [0.2, 0.25) is 6.79 Å². The van der Waals surface area contributed by atoms with Gasteiger partial charge in [0.15, 0.2) is 17.5 Å². The molecule has 1 atom stereocenters. The van der Waals surface area contributed by atoms with Crippen molar-refractivity contribution >= 4 is 5.96 Å². The Balaban J connectivity index is 1.45. The lowest BCUT2D eigenvalue weighted by atomic mass is 9.74. The van der Waals surface area contributed by atoms with Gasteiger partial charge in [0.25, 0.3) is 0 Å². The summed E-state index contributed by atoms with van der Waals surface area (Å²) in [4.78, 5) is 7.48. The smallest absolute Gasteiger partial charge is 0.231 e. The first-order valence-corrected chi connectivity index (χ1v) is 11.5. The second kappa shape index (κ2) is 10.5. The van der Waals surface area contributed by atoms with Crippen LogP contribution in [0.5, 0.6) is 11.5 Å². The summed E-state index contributed by atoms with van der Waals surface area (Å²) in [6.45, 7) is 12.2. The second-order valence-corrected chi connectivity index (χ2v) is 8.53. The van der Waals surface area contributed by atoms with E-state index in [9.17, 15) is 0 Å². The molecule has 3 heterocycles. The molecule has 1 unspecified atom stereocenters. The van der Waals surface area contributed by atoms with Crippen molar-refractivity contribution in [3.63, 3.8) is 0 Å². The summed E-state index contributed by atoms with van der Waals surface area (Å²) in [5.74, 6) is 2.52. The zero-order valence-corrected chi connectivity index (χ0v) is 18.8. The topological polar surface area (TPSA) is 76.6 Å². The van der Waals surface area contributed by atoms with E-state index >= 15 is 0 Å². The summed E-state index contributed by atoms with van der Waals surface area (Å²) >= 11 is 0. The van der Waals surface area contributed by atoms with Gasteiger partial charge in [-0.05, 0) is 44.4 Å². The third-order valence-electron chi connectivity index (χ3n) is 6.55. The molecule has 0 spiro atoms. The van der Waals surface area contributed by atoms with Crippen molar-refractivity contribution in [3.05, 3.63) is 23.8 Å². The van der Waals surface area contributed by atoms with Crippen LogP contribution in [-0.4, -0.2) is 82.8 Å². The predicted molar refractivity (Wildman–Crippen MR) is 120 cm³/mol. The zero-order valence-electron chi connectivity index (χ0n) is 18.8. The Kier molecular flexibility index (Phi) is 7.53. The molecule has 0 amide bonds. The maximum absolute atomic E-state index is 5.69. The summed E-state index contributed by atoms with van der Waals surface area (Å²) in [5.41, 5.74) is 1.19. The van der Waals surface area contributed by atoms with E-state index in [0.717, 1.165) is 82.9 Å². The molecule has 31 heavy (non-hydrogen) atoms. The molecule has 8 heteroatoms. The van der Waals surface area contributed by atoms with E-state index in [1.54, 1.807) is 0 Å². The number of nitrogens with zero attached hydrogens (tertiary/aromatic N) is 2. The molecule has 2 saturated heterocycles. The van der Waals surface area contributed by atoms with Gasteiger partial charge in [0, 0.05) is 50.8 Å². The number of hydrogen-bond acceptors (Lipinski definition) is 6. The summed E-state index contributed by atoms with van der Waals surface area (Å²) in [6.07, 6.45) is 1.89. The van der Waals surface area contributed by atoms with Gasteiger partial charge in [-0.3, -0.25) is 9.89 Å². The highest BCUT2D eigenvalue weighted by Crippen LogP contribution is 2.41. The molecule has 8 nitrogen and oxygen atoms in total. The minimum atomic E-state index is -0.0581. The van der Waals surface area contributed by atoms with Gasteiger partial charge in [-0.15, -0.1) is 0 Å². The normalized spacial score (nSPS) is 22.2. The number of nitrogens with one attached hydrogen (secondary N) is 2. The van der Waals surface area contributed by atoms with E-state index in [0.29, 0.717) is 19.4 Å². The van der Waals surface area contributed by atoms with E-state index < -0.39 is 0 Å². The summed E-state index contributed by atoms with van der Waals surface area (Å²) < 4.78 is 22.3. The molecule has 172 valence electrons. The molecule has 4 rings (SSSR count). The third kappa shape index (κ3) is 5.42. The van der Waals surface area contributed by atoms with Crippen LogP contribution >= 0.6 is 0 Å². The van der Waals surface area contributed by atoms with Crippen molar-refractivity contribution in [3.8, 4) is 11.5 Å². The summed E-state index contributed by atoms with van der Waals surface area (Å²) in [7, 11) is 0. The van der Waals surface area contributed by atoms with Gasteiger partial charge in [-0.25, -0.2) is 0 Å². The van der Waals surface area contributed by atoms with Crippen LogP contribution in [0, 0.1) is 0 Å². The molecule has 0 radical (unpaired) electrons.